The van der Waals surface area contributed by atoms with E-state index in [-0.39, 0.29) is 0 Å². The van der Waals surface area contributed by atoms with Crippen molar-refractivity contribution in [1.82, 2.24) is 9.78 Å². The number of nitrogens with two attached hydrogens (primary N) is 1. The molecule has 0 radical (unpaired) electrons. The molecule has 0 aliphatic heterocycles. The molecule has 108 valence electrons. The maximum absolute atomic E-state index is 10.6. The van der Waals surface area contributed by atoms with Crippen molar-refractivity contribution in [3.63, 3.8) is 0 Å². The SMILES string of the molecule is CCc1nn(C)c(NCC2(O)CCCC(C)C2)c1N. The summed E-state index contributed by atoms with van der Waals surface area (Å²) in [6.07, 6.45) is 4.86. The Morgan fingerprint density at radius 1 is 1.58 bits per heavy atom. The van der Waals surface area contributed by atoms with Crippen molar-refractivity contribution in [3.05, 3.63) is 5.69 Å². The fraction of sp³-hybridized carbons (Fsp3) is 0.786. The van der Waals surface area contributed by atoms with Crippen LogP contribution in [-0.2, 0) is 13.5 Å². The normalized spacial score (nSPS) is 27.5. The molecular weight excluding hydrogens is 240 g/mol. The van der Waals surface area contributed by atoms with Gasteiger partial charge in [-0.3, -0.25) is 4.68 Å². The first-order valence-electron chi connectivity index (χ1n) is 7.23. The lowest BCUT2D eigenvalue weighted by molar-refractivity contribution is -0.000858. The van der Waals surface area contributed by atoms with Crippen LogP contribution in [0.25, 0.3) is 0 Å². The third kappa shape index (κ3) is 3.03. The summed E-state index contributed by atoms with van der Waals surface area (Å²) >= 11 is 0. The number of hydrogen-bond donors (Lipinski definition) is 3. The number of anilines is 2. The molecule has 0 amide bonds. The van der Waals surface area contributed by atoms with Crippen molar-refractivity contribution in [3.8, 4) is 0 Å². The van der Waals surface area contributed by atoms with E-state index in [4.69, 9.17) is 5.73 Å². The fourth-order valence-electron chi connectivity index (χ4n) is 3.11. The quantitative estimate of drug-likeness (QED) is 0.778. The van der Waals surface area contributed by atoms with Crippen LogP contribution in [0, 0.1) is 5.92 Å². The molecule has 0 aromatic carbocycles. The minimum absolute atomic E-state index is 0.546. The van der Waals surface area contributed by atoms with E-state index in [2.05, 4.69) is 17.3 Å². The first kappa shape index (κ1) is 14.2. The molecule has 1 aromatic rings. The van der Waals surface area contributed by atoms with Crippen molar-refractivity contribution in [1.29, 1.82) is 0 Å². The number of aliphatic hydroxyl groups is 1. The minimum Gasteiger partial charge on any atom is -0.394 e. The highest BCUT2D eigenvalue weighted by atomic mass is 16.3. The van der Waals surface area contributed by atoms with Gasteiger partial charge in [0.1, 0.15) is 5.82 Å². The van der Waals surface area contributed by atoms with Gasteiger partial charge in [-0.1, -0.05) is 26.7 Å². The van der Waals surface area contributed by atoms with Gasteiger partial charge in [0.2, 0.25) is 0 Å². The molecule has 5 heteroatoms. The summed E-state index contributed by atoms with van der Waals surface area (Å²) in [6, 6.07) is 0. The van der Waals surface area contributed by atoms with Gasteiger partial charge in [0.25, 0.3) is 0 Å². The molecule has 1 saturated carbocycles. The van der Waals surface area contributed by atoms with Gasteiger partial charge in [0.05, 0.1) is 17.0 Å². The average Bonchev–Trinajstić information content (AvgIpc) is 2.62. The summed E-state index contributed by atoms with van der Waals surface area (Å²) in [7, 11) is 1.88. The van der Waals surface area contributed by atoms with Gasteiger partial charge in [-0.2, -0.15) is 5.10 Å². The second-order valence-corrected chi connectivity index (χ2v) is 5.97. The third-order valence-electron chi connectivity index (χ3n) is 4.15. The summed E-state index contributed by atoms with van der Waals surface area (Å²) in [5, 5.41) is 18.3. The van der Waals surface area contributed by atoms with E-state index in [1.807, 2.05) is 14.0 Å². The highest BCUT2D eigenvalue weighted by Gasteiger charge is 2.32. The smallest absolute Gasteiger partial charge is 0.147 e. The molecule has 1 aliphatic carbocycles. The molecule has 19 heavy (non-hydrogen) atoms. The summed E-state index contributed by atoms with van der Waals surface area (Å²) in [6.45, 7) is 4.79. The van der Waals surface area contributed by atoms with Crippen LogP contribution in [0.5, 0.6) is 0 Å². The van der Waals surface area contributed by atoms with Crippen LogP contribution in [0.1, 0.15) is 45.2 Å². The molecule has 2 rings (SSSR count). The van der Waals surface area contributed by atoms with E-state index in [0.29, 0.717) is 18.2 Å². The van der Waals surface area contributed by atoms with E-state index < -0.39 is 5.60 Å². The van der Waals surface area contributed by atoms with Crippen LogP contribution in [0.2, 0.25) is 0 Å². The Bertz CT molecular complexity index is 443. The number of hydrogen-bond acceptors (Lipinski definition) is 4. The minimum atomic E-state index is -0.610. The Hall–Kier alpha value is -1.23. The predicted molar refractivity (Wildman–Crippen MR) is 78.1 cm³/mol. The summed E-state index contributed by atoms with van der Waals surface area (Å²) in [5.74, 6) is 1.42. The molecule has 0 spiro atoms. The maximum Gasteiger partial charge on any atom is 0.147 e. The zero-order valence-electron chi connectivity index (χ0n) is 12.2. The monoisotopic (exact) mass is 266 g/mol. The second kappa shape index (κ2) is 5.41. The number of aromatic nitrogens is 2. The van der Waals surface area contributed by atoms with Crippen LogP contribution < -0.4 is 11.1 Å². The van der Waals surface area contributed by atoms with E-state index in [0.717, 1.165) is 37.2 Å². The van der Waals surface area contributed by atoms with Crippen molar-refractivity contribution >= 4 is 11.5 Å². The van der Waals surface area contributed by atoms with Crippen molar-refractivity contribution in [2.45, 2.75) is 51.6 Å². The summed E-state index contributed by atoms with van der Waals surface area (Å²) in [5.41, 5.74) is 7.08. The zero-order valence-corrected chi connectivity index (χ0v) is 12.2. The molecule has 1 aromatic heterocycles. The fourth-order valence-corrected chi connectivity index (χ4v) is 3.11. The van der Waals surface area contributed by atoms with Gasteiger partial charge < -0.3 is 16.2 Å². The van der Waals surface area contributed by atoms with Crippen molar-refractivity contribution < 1.29 is 5.11 Å². The van der Waals surface area contributed by atoms with E-state index >= 15 is 0 Å². The number of nitrogen functional groups attached to an aromatic ring is 1. The van der Waals surface area contributed by atoms with Crippen LogP contribution in [0.4, 0.5) is 11.5 Å². The molecule has 2 unspecified atom stereocenters. The van der Waals surface area contributed by atoms with Gasteiger partial charge in [-0.05, 0) is 25.2 Å². The standard InChI is InChI=1S/C14H26N4O/c1-4-11-12(15)13(18(3)17-11)16-9-14(19)7-5-6-10(2)8-14/h10,16,19H,4-9,15H2,1-3H3. The largest absolute Gasteiger partial charge is 0.394 e. The third-order valence-corrected chi connectivity index (χ3v) is 4.15. The molecule has 5 nitrogen and oxygen atoms in total. The molecule has 1 fully saturated rings. The summed E-state index contributed by atoms with van der Waals surface area (Å²) < 4.78 is 1.77. The molecule has 1 heterocycles. The van der Waals surface area contributed by atoms with Crippen LogP contribution >= 0.6 is 0 Å². The summed E-state index contributed by atoms with van der Waals surface area (Å²) in [4.78, 5) is 0. The molecule has 4 N–H and O–H groups in total. The van der Waals surface area contributed by atoms with Gasteiger partial charge in [-0.15, -0.1) is 0 Å². The van der Waals surface area contributed by atoms with Gasteiger partial charge in [0.15, 0.2) is 0 Å². The maximum atomic E-state index is 10.6. The van der Waals surface area contributed by atoms with Gasteiger partial charge in [-0.25, -0.2) is 0 Å². The van der Waals surface area contributed by atoms with Crippen LogP contribution in [0.15, 0.2) is 0 Å². The van der Waals surface area contributed by atoms with E-state index in [9.17, 15) is 5.11 Å². The molecule has 0 saturated heterocycles. The van der Waals surface area contributed by atoms with Crippen LogP contribution in [-0.4, -0.2) is 27.0 Å². The van der Waals surface area contributed by atoms with Gasteiger partial charge in [0, 0.05) is 13.6 Å². The average molecular weight is 266 g/mol. The lowest BCUT2D eigenvalue weighted by Gasteiger charge is -2.35. The van der Waals surface area contributed by atoms with Crippen LogP contribution in [0.3, 0.4) is 0 Å². The Balaban J connectivity index is 2.04. The Morgan fingerprint density at radius 3 is 2.89 bits per heavy atom. The van der Waals surface area contributed by atoms with Crippen molar-refractivity contribution in [2.75, 3.05) is 17.6 Å². The first-order valence-corrected chi connectivity index (χ1v) is 7.23. The second-order valence-electron chi connectivity index (χ2n) is 5.97. The van der Waals surface area contributed by atoms with Crippen molar-refractivity contribution in [2.24, 2.45) is 13.0 Å². The lowest BCUT2D eigenvalue weighted by atomic mass is 9.79. The highest BCUT2D eigenvalue weighted by molar-refractivity contribution is 5.65. The zero-order chi connectivity index (χ0) is 14.0. The molecule has 2 atom stereocenters. The molecule has 1 aliphatic rings. The number of aryl methyl sites for hydroxylation is 2. The Kier molecular flexibility index (Phi) is 4.04. The Labute approximate surface area is 115 Å². The number of nitrogens with zero attached hydrogens (tertiary/aromatic N) is 2. The molecule has 0 bridgehead atoms. The van der Waals surface area contributed by atoms with E-state index in [1.54, 1.807) is 4.68 Å². The lowest BCUT2D eigenvalue weighted by Crippen LogP contribution is -2.41. The Morgan fingerprint density at radius 2 is 2.32 bits per heavy atom. The van der Waals surface area contributed by atoms with E-state index in [1.165, 1.54) is 6.42 Å². The van der Waals surface area contributed by atoms with Gasteiger partial charge >= 0.3 is 0 Å². The first-order chi connectivity index (χ1) is 8.95. The topological polar surface area (TPSA) is 76.1 Å². The highest BCUT2D eigenvalue weighted by Crippen LogP contribution is 2.33. The molecular formula is C14H26N4O. The predicted octanol–water partition coefficient (Wildman–Crippen LogP) is 1.92. The number of rotatable bonds is 4. The number of nitrogens with one attached hydrogen (secondary N) is 1.